The van der Waals surface area contributed by atoms with Gasteiger partial charge in [-0.3, -0.25) is 9.59 Å². The summed E-state index contributed by atoms with van der Waals surface area (Å²) in [5, 5.41) is 9.11. The smallest absolute Gasteiger partial charge is 0.338 e. The van der Waals surface area contributed by atoms with Gasteiger partial charge in [0.2, 0.25) is 5.78 Å². The van der Waals surface area contributed by atoms with Gasteiger partial charge in [-0.15, -0.1) is 0 Å². The zero-order valence-corrected chi connectivity index (χ0v) is 12.7. The molecule has 0 unspecified atom stereocenters. The van der Waals surface area contributed by atoms with Crippen LogP contribution in [-0.2, 0) is 0 Å². The molecule has 2 aromatic carbocycles. The number of ketones is 2. The summed E-state index contributed by atoms with van der Waals surface area (Å²) in [6.45, 7) is 0. The number of carboxylic acids is 1. The average Bonchev–Trinajstić information content (AvgIpc) is 2.58. The molecular formula is C17H11FO6. The van der Waals surface area contributed by atoms with Crippen molar-refractivity contribution in [1.82, 2.24) is 0 Å². The van der Waals surface area contributed by atoms with Gasteiger partial charge in [0.15, 0.2) is 5.78 Å². The summed E-state index contributed by atoms with van der Waals surface area (Å²) in [6, 6.07) is 5.25. The summed E-state index contributed by atoms with van der Waals surface area (Å²) < 4.78 is 24.7. The molecule has 1 aliphatic rings. The van der Waals surface area contributed by atoms with E-state index < -0.39 is 34.5 Å². The van der Waals surface area contributed by atoms with Crippen molar-refractivity contribution < 1.29 is 33.4 Å². The van der Waals surface area contributed by atoms with Crippen molar-refractivity contribution in [3.05, 3.63) is 57.9 Å². The molecule has 0 radical (unpaired) electrons. The van der Waals surface area contributed by atoms with Crippen LogP contribution in [0.1, 0.15) is 42.2 Å². The van der Waals surface area contributed by atoms with Crippen molar-refractivity contribution in [2.24, 2.45) is 0 Å². The number of halogens is 1. The second-order valence-electron chi connectivity index (χ2n) is 5.04. The fourth-order valence-electron chi connectivity index (χ4n) is 2.77. The third-order valence-electron chi connectivity index (χ3n) is 3.85. The van der Waals surface area contributed by atoms with Crippen LogP contribution in [0.4, 0.5) is 4.39 Å². The van der Waals surface area contributed by atoms with Crippen molar-refractivity contribution in [1.29, 1.82) is 0 Å². The predicted molar refractivity (Wildman–Crippen MR) is 79.8 cm³/mol. The number of hydrogen-bond acceptors (Lipinski definition) is 5. The molecule has 122 valence electrons. The first-order chi connectivity index (χ1) is 11.4. The first-order valence-corrected chi connectivity index (χ1v) is 6.82. The fourth-order valence-corrected chi connectivity index (χ4v) is 2.77. The number of carbonyl (C=O) groups is 3. The molecule has 1 N–H and O–H groups in total. The highest BCUT2D eigenvalue weighted by Gasteiger charge is 2.38. The normalized spacial score (nSPS) is 12.5. The van der Waals surface area contributed by atoms with Crippen LogP contribution in [0.3, 0.4) is 0 Å². The first kappa shape index (κ1) is 15.7. The molecule has 6 nitrogen and oxygen atoms in total. The Morgan fingerprint density at radius 3 is 2.25 bits per heavy atom. The SMILES string of the molecule is COc1cccc2c1C(=O)c1c(OC)cc(C(=O)O)c(F)c1C2=O. The molecule has 1 aliphatic carbocycles. The quantitative estimate of drug-likeness (QED) is 0.792. The van der Waals surface area contributed by atoms with Crippen molar-refractivity contribution >= 4 is 17.5 Å². The molecule has 7 heteroatoms. The van der Waals surface area contributed by atoms with E-state index in [1.54, 1.807) is 0 Å². The number of fused-ring (bicyclic) bond motifs is 2. The lowest BCUT2D eigenvalue weighted by Crippen LogP contribution is -2.25. The van der Waals surface area contributed by atoms with Gasteiger partial charge in [-0.25, -0.2) is 9.18 Å². The topological polar surface area (TPSA) is 89.9 Å². The molecule has 2 aromatic rings. The third-order valence-corrected chi connectivity index (χ3v) is 3.85. The van der Waals surface area contributed by atoms with Crippen molar-refractivity contribution in [2.45, 2.75) is 0 Å². The van der Waals surface area contributed by atoms with Crippen LogP contribution in [0.15, 0.2) is 24.3 Å². The number of hydrogen-bond donors (Lipinski definition) is 1. The Bertz CT molecular complexity index is 916. The maximum atomic E-state index is 14.6. The zero-order chi connectivity index (χ0) is 17.6. The van der Waals surface area contributed by atoms with Crippen LogP contribution < -0.4 is 9.47 Å². The van der Waals surface area contributed by atoms with E-state index in [0.29, 0.717) is 0 Å². The van der Waals surface area contributed by atoms with E-state index in [9.17, 15) is 18.8 Å². The number of methoxy groups -OCH3 is 2. The van der Waals surface area contributed by atoms with Crippen molar-refractivity contribution in [3.8, 4) is 11.5 Å². The lowest BCUT2D eigenvalue weighted by Gasteiger charge is -2.22. The van der Waals surface area contributed by atoms with Gasteiger partial charge in [0, 0.05) is 5.56 Å². The Balaban J connectivity index is 2.42. The van der Waals surface area contributed by atoms with Gasteiger partial charge in [0.25, 0.3) is 0 Å². The molecule has 0 amide bonds. The van der Waals surface area contributed by atoms with Gasteiger partial charge in [0.05, 0.1) is 36.5 Å². The van der Waals surface area contributed by atoms with Gasteiger partial charge in [-0.1, -0.05) is 12.1 Å². The van der Waals surface area contributed by atoms with Crippen molar-refractivity contribution in [3.63, 3.8) is 0 Å². The van der Waals surface area contributed by atoms with Gasteiger partial charge in [-0.05, 0) is 12.1 Å². The summed E-state index contributed by atoms with van der Waals surface area (Å²) in [5.41, 5.74) is -1.69. The second-order valence-corrected chi connectivity index (χ2v) is 5.04. The molecule has 0 spiro atoms. The summed E-state index contributed by atoms with van der Waals surface area (Å²) in [7, 11) is 2.54. The minimum Gasteiger partial charge on any atom is -0.496 e. The standard InChI is InChI=1S/C17H11FO6/c1-23-9-5-3-4-7-11(9)16(20)12-10(24-2)6-8(17(21)22)14(18)13(12)15(7)19/h3-6H,1-2H3,(H,21,22). The summed E-state index contributed by atoms with van der Waals surface area (Å²) in [6.07, 6.45) is 0. The maximum Gasteiger partial charge on any atom is 0.338 e. The molecule has 0 bridgehead atoms. The lowest BCUT2D eigenvalue weighted by molar-refractivity contribution is 0.0690. The number of carbonyl (C=O) groups excluding carboxylic acids is 2. The number of rotatable bonds is 3. The minimum atomic E-state index is -1.56. The van der Waals surface area contributed by atoms with Crippen molar-refractivity contribution in [2.75, 3.05) is 14.2 Å². The van der Waals surface area contributed by atoms with E-state index in [-0.39, 0.29) is 28.2 Å². The van der Waals surface area contributed by atoms with Crippen LogP contribution in [0.5, 0.6) is 11.5 Å². The summed E-state index contributed by atoms with van der Waals surface area (Å²) in [5.74, 6) is -4.29. The highest BCUT2D eigenvalue weighted by Crippen LogP contribution is 2.39. The third kappa shape index (κ3) is 1.98. The average molecular weight is 330 g/mol. The predicted octanol–water partition coefficient (Wildman–Crippen LogP) is 2.32. The largest absolute Gasteiger partial charge is 0.496 e. The summed E-state index contributed by atoms with van der Waals surface area (Å²) in [4.78, 5) is 36.7. The molecular weight excluding hydrogens is 319 g/mol. The molecule has 3 rings (SSSR count). The first-order valence-electron chi connectivity index (χ1n) is 6.82. The molecule has 0 saturated carbocycles. The van der Waals surface area contributed by atoms with E-state index >= 15 is 0 Å². The molecule has 0 heterocycles. The molecule has 0 aromatic heterocycles. The van der Waals surface area contributed by atoms with Gasteiger partial charge >= 0.3 is 5.97 Å². The zero-order valence-electron chi connectivity index (χ0n) is 12.7. The number of benzene rings is 2. The van der Waals surface area contributed by atoms with E-state index in [1.165, 1.54) is 32.4 Å². The Labute approximate surface area is 135 Å². The Kier molecular flexibility index (Phi) is 3.56. The van der Waals surface area contributed by atoms with Crippen LogP contribution in [0.2, 0.25) is 0 Å². The Hall–Kier alpha value is -3.22. The maximum absolute atomic E-state index is 14.6. The summed E-state index contributed by atoms with van der Waals surface area (Å²) >= 11 is 0. The van der Waals surface area contributed by atoms with E-state index in [1.807, 2.05) is 0 Å². The monoisotopic (exact) mass is 330 g/mol. The van der Waals surface area contributed by atoms with Crippen LogP contribution in [0, 0.1) is 5.82 Å². The van der Waals surface area contributed by atoms with Gasteiger partial charge < -0.3 is 14.6 Å². The molecule has 0 saturated heterocycles. The fraction of sp³-hybridized carbons (Fsp3) is 0.118. The highest BCUT2D eigenvalue weighted by atomic mass is 19.1. The van der Waals surface area contributed by atoms with Gasteiger partial charge in [0.1, 0.15) is 17.3 Å². The second kappa shape index (κ2) is 5.45. The lowest BCUT2D eigenvalue weighted by atomic mass is 9.82. The molecule has 0 atom stereocenters. The number of ether oxygens (including phenoxy) is 2. The van der Waals surface area contributed by atoms with Crippen LogP contribution >= 0.6 is 0 Å². The van der Waals surface area contributed by atoms with Crippen LogP contribution in [-0.4, -0.2) is 36.9 Å². The molecule has 0 fully saturated rings. The molecule has 24 heavy (non-hydrogen) atoms. The number of carboxylic acid groups (broad SMARTS) is 1. The molecule has 0 aliphatic heterocycles. The van der Waals surface area contributed by atoms with E-state index in [0.717, 1.165) is 6.07 Å². The minimum absolute atomic E-state index is 0.00160. The van der Waals surface area contributed by atoms with E-state index in [4.69, 9.17) is 14.6 Å². The Morgan fingerprint density at radius 1 is 1.00 bits per heavy atom. The highest BCUT2D eigenvalue weighted by molar-refractivity contribution is 6.30. The van der Waals surface area contributed by atoms with E-state index in [2.05, 4.69) is 0 Å². The van der Waals surface area contributed by atoms with Crippen LogP contribution in [0.25, 0.3) is 0 Å². The Morgan fingerprint density at radius 2 is 1.67 bits per heavy atom. The number of aromatic carboxylic acids is 1. The van der Waals surface area contributed by atoms with Gasteiger partial charge in [-0.2, -0.15) is 0 Å².